The molecule has 0 radical (unpaired) electrons. The van der Waals surface area contributed by atoms with Crippen LogP contribution in [0.1, 0.15) is 247 Å². The third-order valence-electron chi connectivity index (χ3n) is 9.87. The summed E-state index contributed by atoms with van der Waals surface area (Å²) in [7, 11) is 0. The Balaban J connectivity index is 3.52. The predicted molar refractivity (Wildman–Crippen MR) is 187 cm³/mol. The molecule has 0 N–H and O–H groups in total. The summed E-state index contributed by atoms with van der Waals surface area (Å²) in [4.78, 5) is 0. The summed E-state index contributed by atoms with van der Waals surface area (Å²) in [5.74, 6) is 0. The highest BCUT2D eigenvalue weighted by Crippen LogP contribution is 2.34. The molecule has 0 aromatic carbocycles. The zero-order valence-electron chi connectivity index (χ0n) is 29.6. The first-order chi connectivity index (χ1) is 19.3. The number of unbranched alkanes of at least 4 members (excludes halogenated alkanes) is 25. The second-order valence-corrected chi connectivity index (χ2v) is 15.5. The van der Waals surface area contributed by atoms with Gasteiger partial charge in [0.05, 0.1) is 0 Å². The topological polar surface area (TPSA) is 0 Å². The average molecular weight is 563 g/mol. The van der Waals surface area contributed by atoms with E-state index >= 15 is 0 Å². The highest BCUT2D eigenvalue weighted by atomic mass is 14.3. The first-order valence-electron chi connectivity index (χ1n) is 19.3. The smallest absolute Gasteiger partial charge is 0.0354 e. The van der Waals surface area contributed by atoms with Crippen LogP contribution in [0, 0.1) is 10.8 Å². The Labute approximate surface area is 257 Å². The lowest BCUT2D eigenvalue weighted by atomic mass is 9.78. The van der Waals surface area contributed by atoms with Gasteiger partial charge in [-0.05, 0) is 36.5 Å². The molecule has 0 spiro atoms. The molecule has 0 nitrogen and oxygen atoms in total. The summed E-state index contributed by atoms with van der Waals surface area (Å²) in [6.45, 7) is 14.8. The molecule has 0 rings (SSSR count). The van der Waals surface area contributed by atoms with E-state index < -0.39 is 0 Å². The third kappa shape index (κ3) is 30.9. The minimum atomic E-state index is 0.553. The minimum absolute atomic E-state index is 0.553. The van der Waals surface area contributed by atoms with E-state index in [4.69, 9.17) is 0 Å². The van der Waals surface area contributed by atoms with Gasteiger partial charge in [0.25, 0.3) is 0 Å². The molecule has 0 saturated carbocycles. The largest absolute Gasteiger partial charge is 0.0654 e. The maximum Gasteiger partial charge on any atom is -0.0354 e. The van der Waals surface area contributed by atoms with Crippen LogP contribution >= 0.6 is 0 Å². The van der Waals surface area contributed by atoms with Gasteiger partial charge in [-0.3, -0.25) is 0 Å². The molecule has 0 aromatic rings. The fourth-order valence-electron chi connectivity index (χ4n) is 6.70. The van der Waals surface area contributed by atoms with Gasteiger partial charge in [-0.1, -0.05) is 221 Å². The summed E-state index contributed by atoms with van der Waals surface area (Å²) in [5.41, 5.74) is 1.11. The molecule has 242 valence electrons. The van der Waals surface area contributed by atoms with Crippen molar-refractivity contribution < 1.29 is 0 Å². The van der Waals surface area contributed by atoms with E-state index in [1.54, 1.807) is 0 Å². The molecule has 0 aliphatic heterocycles. The number of rotatable bonds is 33. The first kappa shape index (κ1) is 40.0. The predicted octanol–water partition coefficient (Wildman–Crippen LogP) is 15.6. The van der Waals surface area contributed by atoms with Crippen molar-refractivity contribution in [1.82, 2.24) is 0 Å². The van der Waals surface area contributed by atoms with Crippen LogP contribution in [0.3, 0.4) is 0 Å². The van der Waals surface area contributed by atoms with Crippen molar-refractivity contribution in [2.24, 2.45) is 10.8 Å². The lowest BCUT2D eigenvalue weighted by Crippen LogP contribution is -2.14. The highest BCUT2D eigenvalue weighted by molar-refractivity contribution is 4.72. The Hall–Kier alpha value is 0. The number of hydrogen-bond donors (Lipinski definition) is 0. The van der Waals surface area contributed by atoms with Crippen LogP contribution in [0.5, 0.6) is 0 Å². The quantitative estimate of drug-likeness (QED) is 0.0698. The van der Waals surface area contributed by atoms with Gasteiger partial charge in [0.2, 0.25) is 0 Å². The van der Waals surface area contributed by atoms with Gasteiger partial charge < -0.3 is 0 Å². The van der Waals surface area contributed by atoms with Crippen molar-refractivity contribution in [3.05, 3.63) is 0 Å². The van der Waals surface area contributed by atoms with E-state index in [9.17, 15) is 0 Å². The van der Waals surface area contributed by atoms with Crippen LogP contribution < -0.4 is 0 Å². The summed E-state index contributed by atoms with van der Waals surface area (Å²) >= 11 is 0. The molecule has 0 bridgehead atoms. The van der Waals surface area contributed by atoms with Gasteiger partial charge in [0, 0.05) is 0 Å². The van der Waals surface area contributed by atoms with E-state index in [-0.39, 0.29) is 0 Å². The van der Waals surface area contributed by atoms with Crippen molar-refractivity contribution in [3.8, 4) is 0 Å². The zero-order chi connectivity index (χ0) is 29.6. The fraction of sp³-hybridized carbons (Fsp3) is 1.00. The molecule has 0 heterocycles. The maximum absolute atomic E-state index is 2.53. The summed E-state index contributed by atoms with van der Waals surface area (Å²) in [6.07, 6.45) is 46.6. The Bertz CT molecular complexity index is 428. The van der Waals surface area contributed by atoms with Crippen LogP contribution in [0.2, 0.25) is 0 Å². The summed E-state index contributed by atoms with van der Waals surface area (Å²) in [6, 6.07) is 0. The maximum atomic E-state index is 2.53. The second kappa shape index (κ2) is 29.1. The van der Waals surface area contributed by atoms with Crippen molar-refractivity contribution in [2.75, 3.05) is 0 Å². The van der Waals surface area contributed by atoms with Crippen LogP contribution in [-0.2, 0) is 0 Å². The van der Waals surface area contributed by atoms with Gasteiger partial charge in [-0.15, -0.1) is 0 Å². The Morgan fingerprint density at radius 1 is 0.225 bits per heavy atom. The SMILES string of the molecule is CCCCCCCCCCCCCCCC(C)(C)CCCCC(C)(C)CCCCCCCCCCCCCCC. The monoisotopic (exact) mass is 563 g/mol. The van der Waals surface area contributed by atoms with E-state index in [1.165, 1.54) is 205 Å². The molecular weight excluding hydrogens is 480 g/mol. The molecule has 0 amide bonds. The Morgan fingerprint density at radius 3 is 0.575 bits per heavy atom. The standard InChI is InChI=1S/C40H82/c1-7-9-11-13-15-17-19-21-23-25-27-29-31-35-39(3,4)37-33-34-38-40(5,6)36-32-30-28-26-24-22-20-18-16-14-12-10-8-2/h7-38H2,1-6H3. The van der Waals surface area contributed by atoms with Crippen molar-refractivity contribution >= 4 is 0 Å². The van der Waals surface area contributed by atoms with Crippen LogP contribution in [0.25, 0.3) is 0 Å². The molecular formula is C40H82. The normalized spacial score (nSPS) is 12.4. The molecule has 0 unspecified atom stereocenters. The molecule has 0 aliphatic carbocycles. The lowest BCUT2D eigenvalue weighted by molar-refractivity contribution is 0.251. The molecule has 0 aliphatic rings. The molecule has 40 heavy (non-hydrogen) atoms. The minimum Gasteiger partial charge on any atom is -0.0654 e. The zero-order valence-corrected chi connectivity index (χ0v) is 29.6. The summed E-state index contributed by atoms with van der Waals surface area (Å²) in [5, 5.41) is 0. The molecule has 0 aromatic heterocycles. The first-order valence-corrected chi connectivity index (χ1v) is 19.3. The van der Waals surface area contributed by atoms with E-state index in [2.05, 4.69) is 41.5 Å². The lowest BCUT2D eigenvalue weighted by Gasteiger charge is -2.27. The van der Waals surface area contributed by atoms with Crippen molar-refractivity contribution in [2.45, 2.75) is 247 Å². The molecule has 0 saturated heterocycles. The van der Waals surface area contributed by atoms with Gasteiger partial charge >= 0.3 is 0 Å². The highest BCUT2D eigenvalue weighted by Gasteiger charge is 2.20. The van der Waals surface area contributed by atoms with Gasteiger partial charge in [-0.2, -0.15) is 0 Å². The van der Waals surface area contributed by atoms with Gasteiger partial charge in [0.15, 0.2) is 0 Å². The number of hydrogen-bond acceptors (Lipinski definition) is 0. The average Bonchev–Trinajstić information content (AvgIpc) is 2.92. The summed E-state index contributed by atoms with van der Waals surface area (Å²) < 4.78 is 0. The van der Waals surface area contributed by atoms with Gasteiger partial charge in [0.1, 0.15) is 0 Å². The fourth-order valence-corrected chi connectivity index (χ4v) is 6.70. The van der Waals surface area contributed by atoms with E-state index in [1.807, 2.05) is 0 Å². The Kier molecular flexibility index (Phi) is 29.1. The van der Waals surface area contributed by atoms with Gasteiger partial charge in [-0.25, -0.2) is 0 Å². The van der Waals surface area contributed by atoms with E-state index in [0.717, 1.165) is 0 Å². The molecule has 0 fully saturated rings. The van der Waals surface area contributed by atoms with Crippen molar-refractivity contribution in [3.63, 3.8) is 0 Å². The van der Waals surface area contributed by atoms with E-state index in [0.29, 0.717) is 10.8 Å². The van der Waals surface area contributed by atoms with Crippen LogP contribution in [-0.4, -0.2) is 0 Å². The molecule has 0 atom stereocenters. The van der Waals surface area contributed by atoms with Crippen LogP contribution in [0.15, 0.2) is 0 Å². The van der Waals surface area contributed by atoms with Crippen molar-refractivity contribution in [1.29, 1.82) is 0 Å². The Morgan fingerprint density at radius 2 is 0.375 bits per heavy atom. The second-order valence-electron chi connectivity index (χ2n) is 15.5. The van der Waals surface area contributed by atoms with Crippen LogP contribution in [0.4, 0.5) is 0 Å². The molecule has 0 heteroatoms. The third-order valence-corrected chi connectivity index (χ3v) is 9.87.